The summed E-state index contributed by atoms with van der Waals surface area (Å²) in [5, 5.41) is 9.30. The third kappa shape index (κ3) is 3.72. The summed E-state index contributed by atoms with van der Waals surface area (Å²) < 4.78 is 16.3. The van der Waals surface area contributed by atoms with Crippen molar-refractivity contribution in [2.75, 3.05) is 40.5 Å². The van der Waals surface area contributed by atoms with E-state index in [-0.39, 0.29) is 5.91 Å². The Kier molecular flexibility index (Phi) is 5.63. The van der Waals surface area contributed by atoms with Crippen molar-refractivity contribution in [2.24, 2.45) is 0 Å². The summed E-state index contributed by atoms with van der Waals surface area (Å²) in [6.07, 6.45) is 4.45. The Labute approximate surface area is 174 Å². The molecule has 0 bridgehead atoms. The van der Waals surface area contributed by atoms with Gasteiger partial charge in [0.15, 0.2) is 0 Å². The predicted octanol–water partition coefficient (Wildman–Crippen LogP) is 2.02. The number of pyridine rings is 2. The van der Waals surface area contributed by atoms with Gasteiger partial charge in [0.2, 0.25) is 0 Å². The van der Waals surface area contributed by atoms with Crippen LogP contribution in [0.3, 0.4) is 0 Å². The number of nitrogens with zero attached hydrogens (tertiary/aromatic N) is 4. The minimum absolute atomic E-state index is 0.0805. The van der Waals surface area contributed by atoms with Crippen LogP contribution in [0.25, 0.3) is 5.57 Å². The van der Waals surface area contributed by atoms with Crippen LogP contribution in [0.1, 0.15) is 33.0 Å². The quantitative estimate of drug-likeness (QED) is 0.749. The smallest absolute Gasteiger partial charge is 0.255 e. The van der Waals surface area contributed by atoms with E-state index in [1.165, 1.54) is 0 Å². The number of amides is 1. The van der Waals surface area contributed by atoms with Gasteiger partial charge >= 0.3 is 0 Å². The number of hydrogen-bond donors (Lipinski definition) is 0. The van der Waals surface area contributed by atoms with E-state index in [0.29, 0.717) is 67.5 Å². The van der Waals surface area contributed by atoms with Gasteiger partial charge in [-0.15, -0.1) is 0 Å². The number of carbonyl (C=O) groups is 1. The predicted molar refractivity (Wildman–Crippen MR) is 108 cm³/mol. The Morgan fingerprint density at radius 3 is 2.70 bits per heavy atom. The molecule has 8 heteroatoms. The highest BCUT2D eigenvalue weighted by molar-refractivity contribution is 5.94. The van der Waals surface area contributed by atoms with Gasteiger partial charge in [-0.3, -0.25) is 14.8 Å². The highest BCUT2D eigenvalue weighted by atomic mass is 16.5. The number of morpholine rings is 1. The zero-order valence-corrected chi connectivity index (χ0v) is 17.0. The van der Waals surface area contributed by atoms with E-state index in [0.717, 1.165) is 17.0 Å². The van der Waals surface area contributed by atoms with Gasteiger partial charge in [-0.25, -0.2) is 0 Å². The maximum Gasteiger partial charge on any atom is 0.255 e. The van der Waals surface area contributed by atoms with Crippen molar-refractivity contribution in [3.8, 4) is 17.6 Å². The Morgan fingerprint density at radius 2 is 2.00 bits per heavy atom. The van der Waals surface area contributed by atoms with Gasteiger partial charge in [-0.2, -0.15) is 5.26 Å². The summed E-state index contributed by atoms with van der Waals surface area (Å²) in [5.74, 6) is 1.08. The molecule has 0 atom stereocenters. The third-order valence-corrected chi connectivity index (χ3v) is 5.26. The van der Waals surface area contributed by atoms with E-state index in [9.17, 15) is 10.1 Å². The van der Waals surface area contributed by atoms with Crippen molar-refractivity contribution in [2.45, 2.75) is 12.8 Å². The van der Waals surface area contributed by atoms with Crippen LogP contribution in [-0.4, -0.2) is 61.3 Å². The normalized spacial score (nSPS) is 15.2. The van der Waals surface area contributed by atoms with Gasteiger partial charge in [0, 0.05) is 38.2 Å². The molecule has 0 unspecified atom stereocenters. The summed E-state index contributed by atoms with van der Waals surface area (Å²) in [4.78, 5) is 23.7. The van der Waals surface area contributed by atoms with E-state index >= 15 is 0 Å². The number of aromatic nitrogens is 2. The molecule has 1 saturated heterocycles. The fraction of sp³-hybridized carbons (Fsp3) is 0.364. The fourth-order valence-corrected chi connectivity index (χ4v) is 3.74. The van der Waals surface area contributed by atoms with Crippen LogP contribution in [0, 0.1) is 11.3 Å². The molecule has 0 aromatic carbocycles. The van der Waals surface area contributed by atoms with Crippen LogP contribution >= 0.6 is 0 Å². The molecule has 0 N–H and O–H groups in total. The number of methoxy groups -OCH3 is 2. The van der Waals surface area contributed by atoms with Crippen LogP contribution in [0.4, 0.5) is 0 Å². The first kappa shape index (κ1) is 19.9. The van der Waals surface area contributed by atoms with Crippen molar-refractivity contribution in [1.29, 1.82) is 5.26 Å². The van der Waals surface area contributed by atoms with E-state index < -0.39 is 0 Å². The SMILES string of the molecule is COc1cc(C(=O)N2CCOCC2)cnc1Cc1cc(OC)c2c(n1)CC=C2C#N. The first-order valence-corrected chi connectivity index (χ1v) is 9.72. The summed E-state index contributed by atoms with van der Waals surface area (Å²) in [6.45, 7) is 2.23. The van der Waals surface area contributed by atoms with Crippen LogP contribution < -0.4 is 9.47 Å². The van der Waals surface area contributed by atoms with Crippen molar-refractivity contribution in [3.05, 3.63) is 52.6 Å². The van der Waals surface area contributed by atoms with E-state index in [1.807, 2.05) is 12.1 Å². The molecule has 1 aliphatic heterocycles. The molecule has 0 radical (unpaired) electrons. The lowest BCUT2D eigenvalue weighted by Crippen LogP contribution is -2.40. The molecular weight excluding hydrogens is 384 g/mol. The molecule has 0 spiro atoms. The first-order valence-electron chi connectivity index (χ1n) is 9.72. The highest BCUT2D eigenvalue weighted by Crippen LogP contribution is 2.35. The standard InChI is InChI=1S/C22H22N4O4/c1-28-19-9-15(22(27)26-5-7-30-8-6-26)13-24-18(19)10-16-11-20(29-2)21-14(12-23)3-4-17(21)25-16/h3,9,11,13H,4-8,10H2,1-2H3. The molecule has 2 aromatic rings. The second-order valence-corrected chi connectivity index (χ2v) is 7.03. The lowest BCUT2D eigenvalue weighted by molar-refractivity contribution is 0.0302. The molecule has 2 aromatic heterocycles. The minimum Gasteiger partial charge on any atom is -0.496 e. The van der Waals surface area contributed by atoms with Crippen molar-refractivity contribution >= 4 is 11.5 Å². The molecule has 4 rings (SSSR count). The van der Waals surface area contributed by atoms with E-state index in [4.69, 9.17) is 19.2 Å². The molecule has 3 heterocycles. The summed E-state index contributed by atoms with van der Waals surface area (Å²) in [7, 11) is 3.14. The highest BCUT2D eigenvalue weighted by Gasteiger charge is 2.23. The van der Waals surface area contributed by atoms with Gasteiger partial charge < -0.3 is 19.1 Å². The Hall–Kier alpha value is -3.44. The van der Waals surface area contributed by atoms with Crippen molar-refractivity contribution < 1.29 is 19.0 Å². The zero-order valence-electron chi connectivity index (χ0n) is 17.0. The van der Waals surface area contributed by atoms with E-state index in [1.54, 1.807) is 31.4 Å². The third-order valence-electron chi connectivity index (χ3n) is 5.26. The minimum atomic E-state index is -0.0805. The van der Waals surface area contributed by atoms with Crippen LogP contribution in [0.2, 0.25) is 0 Å². The number of carbonyl (C=O) groups excluding carboxylic acids is 1. The second-order valence-electron chi connectivity index (χ2n) is 7.03. The van der Waals surface area contributed by atoms with Crippen molar-refractivity contribution in [3.63, 3.8) is 0 Å². The lowest BCUT2D eigenvalue weighted by atomic mass is 10.1. The Bertz CT molecular complexity index is 1050. The van der Waals surface area contributed by atoms with Gasteiger partial charge in [-0.05, 0) is 6.07 Å². The van der Waals surface area contributed by atoms with Crippen LogP contribution in [0.15, 0.2) is 24.4 Å². The zero-order chi connectivity index (χ0) is 21.1. The van der Waals surface area contributed by atoms with Crippen LogP contribution in [0.5, 0.6) is 11.5 Å². The molecule has 8 nitrogen and oxygen atoms in total. The molecule has 1 aliphatic carbocycles. The Balaban J connectivity index is 1.60. The average molecular weight is 406 g/mol. The second kappa shape index (κ2) is 8.51. The maximum atomic E-state index is 12.7. The molecule has 1 fully saturated rings. The van der Waals surface area contributed by atoms with Gasteiger partial charge in [0.25, 0.3) is 5.91 Å². The number of hydrogen-bond acceptors (Lipinski definition) is 7. The molecular formula is C22H22N4O4. The number of allylic oxidation sites excluding steroid dienone is 2. The Morgan fingerprint density at radius 1 is 1.23 bits per heavy atom. The molecule has 30 heavy (non-hydrogen) atoms. The summed E-state index contributed by atoms with van der Waals surface area (Å²) in [6, 6.07) is 5.74. The van der Waals surface area contributed by atoms with Crippen LogP contribution in [-0.2, 0) is 17.6 Å². The summed E-state index contributed by atoms with van der Waals surface area (Å²) >= 11 is 0. The fourth-order valence-electron chi connectivity index (χ4n) is 3.74. The van der Waals surface area contributed by atoms with Gasteiger partial charge in [0.05, 0.1) is 67.3 Å². The molecule has 1 amide bonds. The van der Waals surface area contributed by atoms with Crippen molar-refractivity contribution in [1.82, 2.24) is 14.9 Å². The maximum absolute atomic E-state index is 12.7. The van der Waals surface area contributed by atoms with Gasteiger partial charge in [-0.1, -0.05) is 6.08 Å². The molecule has 2 aliphatic rings. The first-order chi connectivity index (χ1) is 14.6. The largest absolute Gasteiger partial charge is 0.496 e. The number of fused-ring (bicyclic) bond motifs is 1. The monoisotopic (exact) mass is 406 g/mol. The number of nitriles is 1. The van der Waals surface area contributed by atoms with E-state index in [2.05, 4.69) is 11.1 Å². The van der Waals surface area contributed by atoms with Gasteiger partial charge in [0.1, 0.15) is 11.5 Å². The average Bonchev–Trinajstić information content (AvgIpc) is 3.22. The molecule has 0 saturated carbocycles. The topological polar surface area (TPSA) is 97.6 Å². The lowest BCUT2D eigenvalue weighted by Gasteiger charge is -2.27. The number of ether oxygens (including phenoxy) is 3. The summed E-state index contributed by atoms with van der Waals surface area (Å²) in [5.41, 5.74) is 4.09. The number of rotatable bonds is 5. The molecule has 154 valence electrons.